The van der Waals surface area contributed by atoms with Gasteiger partial charge in [0.05, 0.1) is 0 Å². The lowest BCUT2D eigenvalue weighted by Crippen LogP contribution is -2.24. The van der Waals surface area contributed by atoms with Crippen molar-refractivity contribution < 1.29 is 0 Å². The summed E-state index contributed by atoms with van der Waals surface area (Å²) < 4.78 is 0. The summed E-state index contributed by atoms with van der Waals surface area (Å²) in [6, 6.07) is 0. The maximum Gasteiger partial charge on any atom is -0.0205 e. The summed E-state index contributed by atoms with van der Waals surface area (Å²) >= 11 is 0. The molecule has 0 N–H and O–H groups in total. The SMILES string of the molecule is CC=CC1CCCCC1CC(C)(C)CC. The summed E-state index contributed by atoms with van der Waals surface area (Å²) in [4.78, 5) is 0. The molecular weight excluding hydrogens is 180 g/mol. The number of allylic oxidation sites excluding steroid dienone is 2. The quantitative estimate of drug-likeness (QED) is 0.557. The second kappa shape index (κ2) is 5.72. The van der Waals surface area contributed by atoms with E-state index >= 15 is 0 Å². The maximum atomic E-state index is 2.45. The van der Waals surface area contributed by atoms with E-state index < -0.39 is 0 Å². The molecule has 88 valence electrons. The van der Waals surface area contributed by atoms with E-state index in [9.17, 15) is 0 Å². The van der Waals surface area contributed by atoms with Gasteiger partial charge in [0.2, 0.25) is 0 Å². The molecule has 1 fully saturated rings. The zero-order valence-corrected chi connectivity index (χ0v) is 11.1. The van der Waals surface area contributed by atoms with E-state index in [2.05, 4.69) is 39.8 Å². The zero-order chi connectivity index (χ0) is 11.3. The van der Waals surface area contributed by atoms with E-state index in [0.29, 0.717) is 5.41 Å². The smallest absolute Gasteiger partial charge is 0.0205 e. The van der Waals surface area contributed by atoms with Gasteiger partial charge in [0.25, 0.3) is 0 Å². The van der Waals surface area contributed by atoms with Crippen LogP contribution in [0.4, 0.5) is 0 Å². The molecule has 1 rings (SSSR count). The fraction of sp³-hybridized carbons (Fsp3) is 0.867. The molecule has 0 nitrogen and oxygen atoms in total. The molecule has 0 amide bonds. The Morgan fingerprint density at radius 3 is 2.47 bits per heavy atom. The molecule has 0 heteroatoms. The summed E-state index contributed by atoms with van der Waals surface area (Å²) in [6.07, 6.45) is 13.2. The normalized spacial score (nSPS) is 28.5. The van der Waals surface area contributed by atoms with Crippen molar-refractivity contribution >= 4 is 0 Å². The minimum absolute atomic E-state index is 0.543. The highest BCUT2D eigenvalue weighted by molar-refractivity contribution is 4.93. The molecule has 1 aliphatic rings. The van der Waals surface area contributed by atoms with Crippen LogP contribution in [0.5, 0.6) is 0 Å². The average molecular weight is 208 g/mol. The van der Waals surface area contributed by atoms with Crippen LogP contribution in [-0.2, 0) is 0 Å². The molecule has 0 aromatic heterocycles. The summed E-state index contributed by atoms with van der Waals surface area (Å²) in [6.45, 7) is 9.34. The van der Waals surface area contributed by atoms with E-state index in [-0.39, 0.29) is 0 Å². The van der Waals surface area contributed by atoms with E-state index in [4.69, 9.17) is 0 Å². The summed E-state index contributed by atoms with van der Waals surface area (Å²) in [5.41, 5.74) is 0.543. The Kier molecular flexibility index (Phi) is 4.89. The Labute approximate surface area is 96.2 Å². The molecule has 2 unspecified atom stereocenters. The first kappa shape index (κ1) is 12.8. The van der Waals surface area contributed by atoms with E-state index in [0.717, 1.165) is 11.8 Å². The minimum Gasteiger partial charge on any atom is -0.0914 e. The Morgan fingerprint density at radius 1 is 1.20 bits per heavy atom. The Bertz CT molecular complexity index is 200. The van der Waals surface area contributed by atoms with Crippen LogP contribution in [0.3, 0.4) is 0 Å². The molecule has 15 heavy (non-hydrogen) atoms. The van der Waals surface area contributed by atoms with Crippen molar-refractivity contribution in [1.82, 2.24) is 0 Å². The van der Waals surface area contributed by atoms with Crippen molar-refractivity contribution in [3.8, 4) is 0 Å². The van der Waals surface area contributed by atoms with Crippen LogP contribution in [0.25, 0.3) is 0 Å². The molecule has 0 bridgehead atoms. The molecule has 0 spiro atoms. The van der Waals surface area contributed by atoms with Crippen molar-refractivity contribution in [2.45, 2.75) is 66.2 Å². The lowest BCUT2D eigenvalue weighted by molar-refractivity contribution is 0.179. The molecule has 0 aromatic rings. The van der Waals surface area contributed by atoms with Gasteiger partial charge in [-0.25, -0.2) is 0 Å². The van der Waals surface area contributed by atoms with Gasteiger partial charge in [0, 0.05) is 0 Å². The third-order valence-electron chi connectivity index (χ3n) is 4.18. The van der Waals surface area contributed by atoms with Crippen LogP contribution in [0.2, 0.25) is 0 Å². The van der Waals surface area contributed by atoms with Crippen LogP contribution in [-0.4, -0.2) is 0 Å². The van der Waals surface area contributed by atoms with Gasteiger partial charge >= 0.3 is 0 Å². The monoisotopic (exact) mass is 208 g/mol. The van der Waals surface area contributed by atoms with Crippen LogP contribution in [0.1, 0.15) is 66.2 Å². The van der Waals surface area contributed by atoms with Crippen LogP contribution in [0, 0.1) is 17.3 Å². The molecule has 0 heterocycles. The predicted octanol–water partition coefficient (Wildman–Crippen LogP) is 5.20. The molecule has 2 atom stereocenters. The fourth-order valence-corrected chi connectivity index (χ4v) is 2.84. The highest BCUT2D eigenvalue weighted by Gasteiger charge is 2.28. The molecule has 0 aliphatic heterocycles. The lowest BCUT2D eigenvalue weighted by atomic mass is 9.70. The molecule has 0 saturated heterocycles. The van der Waals surface area contributed by atoms with Gasteiger partial charge in [-0.15, -0.1) is 0 Å². The van der Waals surface area contributed by atoms with Gasteiger partial charge in [-0.2, -0.15) is 0 Å². The average Bonchev–Trinajstić information content (AvgIpc) is 2.21. The van der Waals surface area contributed by atoms with Gasteiger partial charge in [-0.3, -0.25) is 0 Å². The third-order valence-corrected chi connectivity index (χ3v) is 4.18. The minimum atomic E-state index is 0.543. The zero-order valence-electron chi connectivity index (χ0n) is 11.1. The van der Waals surface area contributed by atoms with Crippen molar-refractivity contribution in [1.29, 1.82) is 0 Å². The van der Waals surface area contributed by atoms with Crippen LogP contribution >= 0.6 is 0 Å². The van der Waals surface area contributed by atoms with Crippen LogP contribution in [0.15, 0.2) is 12.2 Å². The number of rotatable bonds is 4. The number of hydrogen-bond acceptors (Lipinski definition) is 0. The Balaban J connectivity index is 2.56. The Hall–Kier alpha value is -0.260. The molecular formula is C15H28. The van der Waals surface area contributed by atoms with Crippen molar-refractivity contribution in [3.63, 3.8) is 0 Å². The highest BCUT2D eigenvalue weighted by Crippen LogP contribution is 2.40. The van der Waals surface area contributed by atoms with E-state index in [1.165, 1.54) is 38.5 Å². The van der Waals surface area contributed by atoms with Crippen LogP contribution < -0.4 is 0 Å². The van der Waals surface area contributed by atoms with Gasteiger partial charge < -0.3 is 0 Å². The summed E-state index contributed by atoms with van der Waals surface area (Å²) in [5, 5.41) is 0. The summed E-state index contributed by atoms with van der Waals surface area (Å²) in [5.74, 6) is 1.82. The highest BCUT2D eigenvalue weighted by atomic mass is 14.3. The largest absolute Gasteiger partial charge is 0.0914 e. The first-order chi connectivity index (χ1) is 7.09. The first-order valence-electron chi connectivity index (χ1n) is 6.72. The van der Waals surface area contributed by atoms with Crippen molar-refractivity contribution in [2.24, 2.45) is 17.3 Å². The van der Waals surface area contributed by atoms with Crippen molar-refractivity contribution in [2.75, 3.05) is 0 Å². The van der Waals surface area contributed by atoms with Gasteiger partial charge in [-0.05, 0) is 43.4 Å². The predicted molar refractivity (Wildman–Crippen MR) is 69.0 cm³/mol. The third kappa shape index (κ3) is 4.01. The van der Waals surface area contributed by atoms with E-state index in [1.54, 1.807) is 0 Å². The second-order valence-electron chi connectivity index (χ2n) is 5.96. The maximum absolute atomic E-state index is 2.45. The fourth-order valence-electron chi connectivity index (χ4n) is 2.84. The first-order valence-corrected chi connectivity index (χ1v) is 6.72. The molecule has 1 aliphatic carbocycles. The van der Waals surface area contributed by atoms with Gasteiger partial charge in [0.1, 0.15) is 0 Å². The summed E-state index contributed by atoms with van der Waals surface area (Å²) in [7, 11) is 0. The Morgan fingerprint density at radius 2 is 1.87 bits per heavy atom. The lowest BCUT2D eigenvalue weighted by Gasteiger charge is -2.35. The number of hydrogen-bond donors (Lipinski definition) is 0. The van der Waals surface area contributed by atoms with Gasteiger partial charge in [-0.1, -0.05) is 52.2 Å². The molecule has 0 aromatic carbocycles. The molecule has 1 saturated carbocycles. The van der Waals surface area contributed by atoms with Crippen molar-refractivity contribution in [3.05, 3.63) is 12.2 Å². The second-order valence-corrected chi connectivity index (χ2v) is 5.96. The topological polar surface area (TPSA) is 0 Å². The van der Waals surface area contributed by atoms with E-state index in [1.807, 2.05) is 0 Å². The molecule has 0 radical (unpaired) electrons. The standard InChI is InChI=1S/C15H28/c1-5-9-13-10-7-8-11-14(13)12-15(3,4)6-2/h5,9,13-14H,6-8,10-12H2,1-4H3. The van der Waals surface area contributed by atoms with Gasteiger partial charge in [0.15, 0.2) is 0 Å².